The molecule has 9 nitrogen and oxygen atoms in total. The van der Waals surface area contributed by atoms with E-state index in [1.165, 1.54) is 0 Å². The van der Waals surface area contributed by atoms with E-state index < -0.39 is 54.5 Å². The van der Waals surface area contributed by atoms with E-state index in [1.807, 2.05) is 30.3 Å². The fourth-order valence-corrected chi connectivity index (χ4v) is 3.36. The van der Waals surface area contributed by atoms with Crippen molar-refractivity contribution < 1.29 is 38.0 Å². The molecule has 2 aromatic heterocycles. The Labute approximate surface area is 173 Å². The molecular formula is C19H19F3N4O5. The number of hydrogen-bond donors (Lipinski definition) is 3. The van der Waals surface area contributed by atoms with E-state index in [2.05, 4.69) is 15.0 Å². The molecule has 0 bridgehead atoms. The summed E-state index contributed by atoms with van der Waals surface area (Å²) in [6.07, 6.45) is -8.76. The summed E-state index contributed by atoms with van der Waals surface area (Å²) < 4.78 is 52.5. The first-order valence-corrected chi connectivity index (χ1v) is 9.40. The summed E-state index contributed by atoms with van der Waals surface area (Å²) in [4.78, 5) is 11.2. The molecule has 1 saturated heterocycles. The lowest BCUT2D eigenvalue weighted by atomic mass is 10.1. The smallest absolute Gasteiger partial charge is 0.435 e. The molecule has 0 radical (unpaired) electrons. The summed E-state index contributed by atoms with van der Waals surface area (Å²) in [7, 11) is 0. The number of hydrogen-bond acceptors (Lipinski definition) is 8. The molecule has 0 unspecified atom stereocenters. The van der Waals surface area contributed by atoms with Crippen molar-refractivity contribution in [2.45, 2.75) is 37.1 Å². The second kappa shape index (κ2) is 8.38. The molecular weight excluding hydrogens is 421 g/mol. The lowest BCUT2D eigenvalue weighted by Crippen LogP contribution is -2.33. The molecule has 1 aliphatic heterocycles. The van der Waals surface area contributed by atoms with Crippen LogP contribution in [0.4, 0.5) is 13.2 Å². The van der Waals surface area contributed by atoms with E-state index in [-0.39, 0.29) is 12.3 Å². The van der Waals surface area contributed by atoms with Gasteiger partial charge in [0.15, 0.2) is 17.6 Å². The third-order valence-corrected chi connectivity index (χ3v) is 4.93. The van der Waals surface area contributed by atoms with E-state index in [1.54, 1.807) is 0 Å². The molecule has 12 heteroatoms. The van der Waals surface area contributed by atoms with E-state index in [0.29, 0.717) is 6.42 Å². The predicted octanol–water partition coefficient (Wildman–Crippen LogP) is 1.08. The maximum atomic E-state index is 13.6. The summed E-state index contributed by atoms with van der Waals surface area (Å²) in [6.45, 7) is -0.549. The van der Waals surface area contributed by atoms with Gasteiger partial charge in [-0.05, 0) is 5.56 Å². The Bertz CT molecular complexity index is 1050. The van der Waals surface area contributed by atoms with Crippen LogP contribution in [0.1, 0.15) is 17.5 Å². The van der Waals surface area contributed by atoms with Crippen molar-refractivity contribution in [3.05, 3.63) is 47.9 Å². The van der Waals surface area contributed by atoms with Gasteiger partial charge in [0.1, 0.15) is 23.8 Å². The van der Waals surface area contributed by atoms with Crippen molar-refractivity contribution in [3.8, 4) is 6.01 Å². The monoisotopic (exact) mass is 440 g/mol. The average Bonchev–Trinajstić information content (AvgIpc) is 3.28. The van der Waals surface area contributed by atoms with Crippen molar-refractivity contribution in [2.24, 2.45) is 0 Å². The molecule has 0 amide bonds. The van der Waals surface area contributed by atoms with Gasteiger partial charge in [-0.2, -0.15) is 23.1 Å². The topological polar surface area (TPSA) is 123 Å². The van der Waals surface area contributed by atoms with Crippen LogP contribution in [-0.4, -0.2) is 66.4 Å². The first-order chi connectivity index (χ1) is 14.8. The second-order valence-electron chi connectivity index (χ2n) is 6.99. The van der Waals surface area contributed by atoms with E-state index in [9.17, 15) is 28.5 Å². The minimum Gasteiger partial charge on any atom is -0.463 e. The number of nitrogens with zero attached hydrogens (tertiary/aromatic N) is 4. The van der Waals surface area contributed by atoms with Gasteiger partial charge in [0.25, 0.3) is 0 Å². The number of halogens is 3. The molecule has 1 aliphatic rings. The molecule has 1 fully saturated rings. The van der Waals surface area contributed by atoms with Crippen molar-refractivity contribution in [1.82, 2.24) is 19.5 Å². The molecule has 0 saturated carbocycles. The molecule has 0 aliphatic carbocycles. The summed E-state index contributed by atoms with van der Waals surface area (Å²) in [5.41, 5.74) is -1.21. The maximum Gasteiger partial charge on any atom is 0.435 e. The molecule has 3 aromatic rings. The summed E-state index contributed by atoms with van der Waals surface area (Å²) in [5.74, 6) is 0. The largest absolute Gasteiger partial charge is 0.463 e. The molecule has 166 valence electrons. The molecule has 31 heavy (non-hydrogen) atoms. The van der Waals surface area contributed by atoms with Gasteiger partial charge >= 0.3 is 12.2 Å². The highest BCUT2D eigenvalue weighted by Gasteiger charge is 2.45. The van der Waals surface area contributed by atoms with Gasteiger partial charge in [0, 0.05) is 6.42 Å². The highest BCUT2D eigenvalue weighted by molar-refractivity contribution is 5.74. The van der Waals surface area contributed by atoms with Gasteiger partial charge in [-0.25, -0.2) is 4.98 Å². The van der Waals surface area contributed by atoms with Crippen LogP contribution in [0.15, 0.2) is 36.7 Å². The maximum absolute atomic E-state index is 13.6. The Morgan fingerprint density at radius 1 is 1.10 bits per heavy atom. The first kappa shape index (κ1) is 21.4. The minimum atomic E-state index is -4.83. The third kappa shape index (κ3) is 4.19. The quantitative estimate of drug-likeness (QED) is 0.521. The number of aromatic nitrogens is 4. The number of alkyl halides is 3. The molecule has 1 aromatic carbocycles. The SMILES string of the molecule is OC[C@H]1O[C@@H](n2cnc3c(C(F)(F)F)nc(OCCc4ccccc4)nc32)[C@H](O)[C@@H]1O. The number of aliphatic hydroxyl groups excluding tert-OH is 3. The second-order valence-corrected chi connectivity index (χ2v) is 6.99. The van der Waals surface area contributed by atoms with E-state index in [4.69, 9.17) is 9.47 Å². The van der Waals surface area contributed by atoms with Crippen LogP contribution in [0.3, 0.4) is 0 Å². The summed E-state index contributed by atoms with van der Waals surface area (Å²) in [6, 6.07) is 8.70. The first-order valence-electron chi connectivity index (χ1n) is 9.40. The predicted molar refractivity (Wildman–Crippen MR) is 99.0 cm³/mol. The van der Waals surface area contributed by atoms with Crippen LogP contribution >= 0.6 is 0 Å². The minimum absolute atomic E-state index is 0.0365. The zero-order valence-corrected chi connectivity index (χ0v) is 16.0. The Morgan fingerprint density at radius 2 is 1.84 bits per heavy atom. The molecule has 3 heterocycles. The van der Waals surface area contributed by atoms with Crippen LogP contribution in [0.2, 0.25) is 0 Å². The van der Waals surface area contributed by atoms with E-state index >= 15 is 0 Å². The molecule has 4 atom stereocenters. The highest BCUT2D eigenvalue weighted by atomic mass is 19.4. The number of imidazole rings is 1. The van der Waals surface area contributed by atoms with Gasteiger partial charge in [-0.3, -0.25) is 4.57 Å². The summed E-state index contributed by atoms with van der Waals surface area (Å²) >= 11 is 0. The van der Waals surface area contributed by atoms with Gasteiger partial charge in [0.2, 0.25) is 0 Å². The van der Waals surface area contributed by atoms with Crippen molar-refractivity contribution in [1.29, 1.82) is 0 Å². The summed E-state index contributed by atoms with van der Waals surface area (Å²) in [5, 5.41) is 29.4. The van der Waals surface area contributed by atoms with Crippen LogP contribution in [0, 0.1) is 0 Å². The standard InChI is InChI=1S/C19H19F3N4O5/c20-19(21,22)15-12-16(25-18(24-15)30-7-6-10-4-2-1-3-5-10)26(9-23-12)17-14(29)13(28)11(8-27)31-17/h1-5,9,11,13-14,17,27-29H,6-8H2/t11-,13-,14-,17-/m1/s1. The number of aliphatic hydroxyl groups is 3. The van der Waals surface area contributed by atoms with Gasteiger partial charge in [-0.15, -0.1) is 0 Å². The Kier molecular flexibility index (Phi) is 5.79. The zero-order chi connectivity index (χ0) is 22.2. The van der Waals surface area contributed by atoms with Crippen LogP contribution in [0.5, 0.6) is 6.01 Å². The van der Waals surface area contributed by atoms with Gasteiger partial charge < -0.3 is 24.8 Å². The Balaban J connectivity index is 1.67. The zero-order valence-electron chi connectivity index (χ0n) is 16.0. The van der Waals surface area contributed by atoms with Crippen LogP contribution in [0.25, 0.3) is 11.2 Å². The highest BCUT2D eigenvalue weighted by Crippen LogP contribution is 2.36. The molecule has 3 N–H and O–H groups in total. The fourth-order valence-electron chi connectivity index (χ4n) is 3.36. The van der Waals surface area contributed by atoms with Crippen molar-refractivity contribution in [2.75, 3.05) is 13.2 Å². The fraction of sp³-hybridized carbons (Fsp3) is 0.421. The van der Waals surface area contributed by atoms with Gasteiger partial charge in [-0.1, -0.05) is 30.3 Å². The van der Waals surface area contributed by atoms with Crippen molar-refractivity contribution >= 4 is 11.2 Å². The average molecular weight is 440 g/mol. The number of benzene rings is 1. The lowest BCUT2D eigenvalue weighted by molar-refractivity contribution is -0.140. The Hall–Kier alpha value is -2.80. The van der Waals surface area contributed by atoms with Crippen LogP contribution in [-0.2, 0) is 17.3 Å². The Morgan fingerprint density at radius 3 is 2.48 bits per heavy atom. The van der Waals surface area contributed by atoms with Crippen molar-refractivity contribution in [3.63, 3.8) is 0 Å². The molecule has 4 rings (SSSR count). The molecule has 0 spiro atoms. The lowest BCUT2D eigenvalue weighted by Gasteiger charge is -2.17. The number of ether oxygens (including phenoxy) is 2. The number of rotatable bonds is 6. The third-order valence-electron chi connectivity index (χ3n) is 4.93. The van der Waals surface area contributed by atoms with Gasteiger partial charge in [0.05, 0.1) is 19.5 Å². The number of fused-ring (bicyclic) bond motifs is 1. The van der Waals surface area contributed by atoms with Crippen LogP contribution < -0.4 is 4.74 Å². The van der Waals surface area contributed by atoms with E-state index in [0.717, 1.165) is 16.5 Å². The normalized spacial score (nSPS) is 24.1.